The number of carbonyl (C=O) groups is 2. The minimum atomic E-state index is -4.18. The van der Waals surface area contributed by atoms with Crippen molar-refractivity contribution in [2.45, 2.75) is 71.0 Å². The molecule has 242 valence electrons. The molecule has 0 aliphatic rings. The minimum absolute atomic E-state index is 0.0414. The van der Waals surface area contributed by atoms with E-state index < -0.39 is 34.1 Å². The number of nitrogens with one attached hydrogen (secondary N) is 1. The number of nitrogens with zero attached hydrogens (tertiary/aromatic N) is 2. The lowest BCUT2D eigenvalue weighted by Crippen LogP contribution is -2.56. The van der Waals surface area contributed by atoms with Crippen LogP contribution in [0.1, 0.15) is 48.6 Å². The van der Waals surface area contributed by atoms with E-state index in [2.05, 4.69) is 5.32 Å². The molecular weight excluding hydrogens is 618 g/mol. The van der Waals surface area contributed by atoms with Gasteiger partial charge in [0, 0.05) is 23.5 Å². The van der Waals surface area contributed by atoms with Gasteiger partial charge in [-0.05, 0) is 88.6 Å². The first kappa shape index (κ1) is 34.7. The molecule has 0 spiro atoms. The summed E-state index contributed by atoms with van der Waals surface area (Å²) < 4.78 is 29.7. The summed E-state index contributed by atoms with van der Waals surface area (Å²) in [6.45, 7) is 10.8. The maximum absolute atomic E-state index is 14.6. The Hall–Kier alpha value is -4.14. The van der Waals surface area contributed by atoms with Crippen molar-refractivity contribution in [1.29, 1.82) is 0 Å². The van der Waals surface area contributed by atoms with Crippen molar-refractivity contribution in [1.82, 2.24) is 10.2 Å². The van der Waals surface area contributed by atoms with Crippen LogP contribution >= 0.6 is 11.6 Å². The van der Waals surface area contributed by atoms with E-state index in [4.69, 9.17) is 11.6 Å². The molecule has 0 saturated carbocycles. The third-order valence-corrected chi connectivity index (χ3v) is 9.53. The second-order valence-electron chi connectivity index (χ2n) is 12.7. The largest absolute Gasteiger partial charge is 0.350 e. The van der Waals surface area contributed by atoms with Gasteiger partial charge in [0.05, 0.1) is 10.6 Å². The van der Waals surface area contributed by atoms with Crippen LogP contribution in [0.15, 0.2) is 102 Å². The first-order valence-electron chi connectivity index (χ1n) is 15.2. The van der Waals surface area contributed by atoms with Crippen molar-refractivity contribution in [3.63, 3.8) is 0 Å². The highest BCUT2D eigenvalue weighted by atomic mass is 35.5. The molecule has 0 saturated heterocycles. The van der Waals surface area contributed by atoms with Crippen LogP contribution in [-0.4, -0.2) is 43.3 Å². The smallest absolute Gasteiger partial charge is 0.264 e. The average molecular weight is 660 g/mol. The molecule has 7 nitrogen and oxygen atoms in total. The van der Waals surface area contributed by atoms with Gasteiger partial charge in [-0.25, -0.2) is 8.42 Å². The topological polar surface area (TPSA) is 86.8 Å². The van der Waals surface area contributed by atoms with Crippen LogP contribution in [0, 0.1) is 20.8 Å². The number of aryl methyl sites for hydroxylation is 3. The number of hydrogen-bond acceptors (Lipinski definition) is 4. The number of amides is 2. The van der Waals surface area contributed by atoms with Gasteiger partial charge in [-0.1, -0.05) is 89.5 Å². The molecule has 1 atom stereocenters. The minimum Gasteiger partial charge on any atom is -0.350 e. The van der Waals surface area contributed by atoms with Gasteiger partial charge in [-0.15, -0.1) is 0 Å². The molecule has 0 aliphatic heterocycles. The van der Waals surface area contributed by atoms with E-state index in [0.717, 1.165) is 21.0 Å². The van der Waals surface area contributed by atoms with E-state index in [-0.39, 0.29) is 23.8 Å². The Morgan fingerprint density at radius 1 is 0.804 bits per heavy atom. The Bertz CT molecular complexity index is 1790. The van der Waals surface area contributed by atoms with Gasteiger partial charge in [0.2, 0.25) is 11.8 Å². The Morgan fingerprint density at radius 3 is 2.04 bits per heavy atom. The summed E-state index contributed by atoms with van der Waals surface area (Å²) in [5, 5.41) is 3.53. The molecule has 0 heterocycles. The number of sulfonamides is 1. The van der Waals surface area contributed by atoms with E-state index in [0.29, 0.717) is 21.8 Å². The molecule has 4 aromatic rings. The summed E-state index contributed by atoms with van der Waals surface area (Å²) in [6, 6.07) is 27.6. The number of carbonyl (C=O) groups excluding carboxylic acids is 2. The maximum Gasteiger partial charge on any atom is 0.264 e. The molecule has 4 aromatic carbocycles. The van der Waals surface area contributed by atoms with Crippen LogP contribution in [0.2, 0.25) is 5.02 Å². The van der Waals surface area contributed by atoms with Crippen molar-refractivity contribution in [3.8, 4) is 0 Å². The second kappa shape index (κ2) is 14.5. The van der Waals surface area contributed by atoms with Crippen LogP contribution in [0.3, 0.4) is 0 Å². The number of hydrogen-bond donors (Lipinski definition) is 1. The first-order chi connectivity index (χ1) is 21.6. The summed E-state index contributed by atoms with van der Waals surface area (Å²) in [5.41, 5.74) is 3.97. The molecule has 1 N–H and O–H groups in total. The number of anilines is 1. The highest BCUT2D eigenvalue weighted by Gasteiger charge is 2.36. The average Bonchev–Trinajstić information content (AvgIpc) is 2.98. The zero-order valence-electron chi connectivity index (χ0n) is 27.2. The number of rotatable bonds is 11. The Morgan fingerprint density at radius 2 is 1.43 bits per heavy atom. The Balaban J connectivity index is 1.84. The monoisotopic (exact) mass is 659 g/mol. The van der Waals surface area contributed by atoms with Crippen LogP contribution in [0.5, 0.6) is 0 Å². The lowest BCUT2D eigenvalue weighted by atomic mass is 10.0. The zero-order valence-corrected chi connectivity index (χ0v) is 28.8. The molecule has 0 bridgehead atoms. The molecule has 1 unspecified atom stereocenters. The van der Waals surface area contributed by atoms with Crippen molar-refractivity contribution < 1.29 is 18.0 Å². The molecule has 2 amide bonds. The second-order valence-corrected chi connectivity index (χ2v) is 15.0. The van der Waals surface area contributed by atoms with E-state index in [1.807, 2.05) is 90.1 Å². The predicted octanol–water partition coefficient (Wildman–Crippen LogP) is 7.02. The van der Waals surface area contributed by atoms with Crippen molar-refractivity contribution in [2.75, 3.05) is 10.8 Å². The third kappa shape index (κ3) is 8.98. The van der Waals surface area contributed by atoms with Gasteiger partial charge >= 0.3 is 0 Å². The molecular formula is C37H42ClN3O4S. The SMILES string of the molecule is Cc1ccc(S(=O)(=O)N(CC(=O)N(Cc2cccc(Cl)c2)C(Cc2ccccc2)C(=O)NC(C)(C)C)c2ccc(C)cc2C)cc1. The van der Waals surface area contributed by atoms with Gasteiger partial charge in [0.25, 0.3) is 10.0 Å². The van der Waals surface area contributed by atoms with Gasteiger partial charge in [-0.3, -0.25) is 13.9 Å². The normalized spacial score (nSPS) is 12.3. The Kier molecular flexibility index (Phi) is 11.0. The van der Waals surface area contributed by atoms with Crippen LogP contribution in [-0.2, 0) is 32.6 Å². The van der Waals surface area contributed by atoms with Crippen LogP contribution in [0.25, 0.3) is 0 Å². The van der Waals surface area contributed by atoms with Crippen LogP contribution in [0.4, 0.5) is 5.69 Å². The molecule has 9 heteroatoms. The lowest BCUT2D eigenvalue weighted by molar-refractivity contribution is -0.140. The maximum atomic E-state index is 14.6. The molecule has 0 aromatic heterocycles. The number of benzene rings is 4. The summed E-state index contributed by atoms with van der Waals surface area (Å²) in [6.07, 6.45) is 0.226. The number of halogens is 1. The van der Waals surface area contributed by atoms with E-state index in [9.17, 15) is 18.0 Å². The van der Waals surface area contributed by atoms with E-state index >= 15 is 0 Å². The van der Waals surface area contributed by atoms with Crippen molar-refractivity contribution in [2.24, 2.45) is 0 Å². The zero-order chi connectivity index (χ0) is 33.6. The predicted molar refractivity (Wildman–Crippen MR) is 185 cm³/mol. The van der Waals surface area contributed by atoms with E-state index in [1.54, 1.807) is 48.5 Å². The van der Waals surface area contributed by atoms with Gasteiger partial charge in [0.15, 0.2) is 0 Å². The van der Waals surface area contributed by atoms with Crippen LogP contribution < -0.4 is 9.62 Å². The van der Waals surface area contributed by atoms with E-state index in [1.165, 1.54) is 4.90 Å². The fraction of sp³-hybridized carbons (Fsp3) is 0.297. The molecule has 0 aliphatic carbocycles. The summed E-state index contributed by atoms with van der Waals surface area (Å²) in [5.74, 6) is -0.869. The molecule has 0 radical (unpaired) electrons. The standard InChI is InChI=1S/C37H42ClN3O4S/c1-26-15-18-32(19-16-26)46(44,45)41(33-20-17-27(2)21-28(33)3)25-35(42)40(24-30-13-10-14-31(38)22-30)34(36(43)39-37(4,5)6)23-29-11-8-7-9-12-29/h7-22,34H,23-25H2,1-6H3,(H,39,43). The van der Waals surface area contributed by atoms with Crippen molar-refractivity contribution in [3.05, 3.63) is 130 Å². The van der Waals surface area contributed by atoms with Gasteiger partial charge in [-0.2, -0.15) is 0 Å². The molecule has 4 rings (SSSR count). The van der Waals surface area contributed by atoms with Gasteiger partial charge < -0.3 is 10.2 Å². The third-order valence-electron chi connectivity index (χ3n) is 7.52. The summed E-state index contributed by atoms with van der Waals surface area (Å²) in [7, 11) is -4.18. The highest BCUT2D eigenvalue weighted by Crippen LogP contribution is 2.29. The fourth-order valence-corrected chi connectivity index (χ4v) is 6.97. The first-order valence-corrected chi connectivity index (χ1v) is 17.0. The summed E-state index contributed by atoms with van der Waals surface area (Å²) >= 11 is 6.33. The highest BCUT2D eigenvalue weighted by molar-refractivity contribution is 7.92. The molecule has 46 heavy (non-hydrogen) atoms. The van der Waals surface area contributed by atoms with Gasteiger partial charge in [0.1, 0.15) is 12.6 Å². The summed E-state index contributed by atoms with van der Waals surface area (Å²) in [4.78, 5) is 30.2. The Labute approximate surface area is 278 Å². The quantitative estimate of drug-likeness (QED) is 0.188. The molecule has 0 fully saturated rings. The van der Waals surface area contributed by atoms with Crippen molar-refractivity contribution >= 4 is 39.1 Å². The fourth-order valence-electron chi connectivity index (χ4n) is 5.27. The lowest BCUT2D eigenvalue weighted by Gasteiger charge is -2.35.